The minimum Gasteiger partial charge on any atom is -0.478 e. The Morgan fingerprint density at radius 2 is 0.763 bits per heavy atom. The Kier molecular flexibility index (Phi) is 17.3. The van der Waals surface area contributed by atoms with Gasteiger partial charge in [-0.05, 0) is 28.8 Å². The Labute approximate surface area is 223 Å². The molecule has 0 radical (unpaired) electrons. The van der Waals surface area contributed by atoms with Crippen molar-refractivity contribution in [1.82, 2.24) is 0 Å². The zero-order valence-corrected chi connectivity index (χ0v) is 21.2. The quantitative estimate of drug-likeness (QED) is 0.246. The molecule has 4 rings (SSSR count). The predicted octanol–water partition coefficient (Wildman–Crippen LogP) is 7.35. The van der Waals surface area contributed by atoms with Gasteiger partial charge in [-0.25, -0.2) is 14.4 Å². The molecular weight excluding hydrogens is 480 g/mol. The highest BCUT2D eigenvalue weighted by molar-refractivity contribution is 5.85. The van der Waals surface area contributed by atoms with Crippen LogP contribution in [0.4, 0.5) is 0 Å². The van der Waals surface area contributed by atoms with Gasteiger partial charge < -0.3 is 15.3 Å². The van der Waals surface area contributed by atoms with Crippen LogP contribution in [0.5, 0.6) is 0 Å². The molecule has 0 unspecified atom stereocenters. The Morgan fingerprint density at radius 1 is 0.553 bits per heavy atom. The van der Waals surface area contributed by atoms with E-state index in [9.17, 15) is 14.4 Å². The molecule has 0 aliphatic rings. The summed E-state index contributed by atoms with van der Waals surface area (Å²) in [5.74, 6) is -2.90. The van der Waals surface area contributed by atoms with E-state index in [2.05, 4.69) is 117 Å². The first kappa shape index (κ1) is 32.8. The minimum absolute atomic E-state index is 0.176. The highest BCUT2D eigenvalue weighted by Gasteiger charge is 1.92. The van der Waals surface area contributed by atoms with Gasteiger partial charge in [0, 0.05) is 17.7 Å². The average molecular weight is 513 g/mol. The molecule has 0 bridgehead atoms. The van der Waals surface area contributed by atoms with E-state index in [1.54, 1.807) is 0 Å². The van der Waals surface area contributed by atoms with Crippen molar-refractivity contribution in [3.05, 3.63) is 147 Å². The Bertz CT molecular complexity index is 1160. The summed E-state index contributed by atoms with van der Waals surface area (Å²) in [6.45, 7) is 10.5. The Hall–Kier alpha value is -5.23. The van der Waals surface area contributed by atoms with Gasteiger partial charge in [0.1, 0.15) is 0 Å². The average Bonchev–Trinajstić information content (AvgIpc) is 2.95. The van der Waals surface area contributed by atoms with E-state index in [0.29, 0.717) is 0 Å². The number of benzene rings is 4. The first-order chi connectivity index (χ1) is 18.1. The lowest BCUT2D eigenvalue weighted by Gasteiger charge is -1.98. The number of hydrogen-bond acceptors (Lipinski definition) is 3. The van der Waals surface area contributed by atoms with Crippen molar-refractivity contribution in [3.8, 4) is 11.1 Å². The van der Waals surface area contributed by atoms with Crippen molar-refractivity contribution in [2.75, 3.05) is 0 Å². The predicted molar refractivity (Wildman–Crippen MR) is 154 cm³/mol. The molecule has 0 saturated heterocycles. The van der Waals surface area contributed by atoms with E-state index in [-0.39, 0.29) is 5.57 Å². The second-order valence-corrected chi connectivity index (χ2v) is 7.25. The number of rotatable bonds is 4. The third-order valence-electron chi connectivity index (χ3n) is 4.25. The zero-order chi connectivity index (χ0) is 28.8. The maximum atomic E-state index is 9.60. The van der Waals surface area contributed by atoms with Crippen LogP contribution in [0.1, 0.15) is 6.92 Å². The molecule has 0 amide bonds. The summed E-state index contributed by atoms with van der Waals surface area (Å²) in [7, 11) is 0. The van der Waals surface area contributed by atoms with Gasteiger partial charge in [-0.15, -0.1) is 0 Å². The van der Waals surface area contributed by atoms with E-state index in [0.717, 1.165) is 12.2 Å². The van der Waals surface area contributed by atoms with Crippen LogP contribution in [0.25, 0.3) is 21.9 Å². The maximum absolute atomic E-state index is 9.60. The highest BCUT2D eigenvalue weighted by Crippen LogP contribution is 2.17. The number of carboxylic acids is 3. The lowest BCUT2D eigenvalue weighted by Crippen LogP contribution is -1.92. The molecule has 6 heteroatoms. The fourth-order valence-corrected chi connectivity index (χ4v) is 2.39. The summed E-state index contributed by atoms with van der Waals surface area (Å²) in [6.07, 6.45) is 1.67. The van der Waals surface area contributed by atoms with E-state index in [1.165, 1.54) is 28.8 Å². The molecule has 0 aliphatic heterocycles. The van der Waals surface area contributed by atoms with E-state index in [1.807, 2.05) is 12.1 Å². The van der Waals surface area contributed by atoms with Gasteiger partial charge in [0.05, 0.1) is 0 Å². The smallest absolute Gasteiger partial charge is 0.330 e. The van der Waals surface area contributed by atoms with Crippen LogP contribution < -0.4 is 0 Å². The summed E-state index contributed by atoms with van der Waals surface area (Å²) in [4.78, 5) is 28.1. The largest absolute Gasteiger partial charge is 0.478 e. The molecule has 6 nitrogen and oxygen atoms in total. The number of fused-ring (bicyclic) bond motifs is 1. The first-order valence-electron chi connectivity index (χ1n) is 11.3. The van der Waals surface area contributed by atoms with Crippen molar-refractivity contribution in [3.63, 3.8) is 0 Å². The zero-order valence-electron chi connectivity index (χ0n) is 21.2. The van der Waals surface area contributed by atoms with Gasteiger partial charge in [-0.2, -0.15) is 0 Å². The van der Waals surface area contributed by atoms with E-state index in [4.69, 9.17) is 15.3 Å². The lowest BCUT2D eigenvalue weighted by molar-refractivity contribution is -0.133. The molecule has 0 fully saturated rings. The van der Waals surface area contributed by atoms with Gasteiger partial charge >= 0.3 is 17.9 Å². The van der Waals surface area contributed by atoms with Gasteiger partial charge in [-0.3, -0.25) is 0 Å². The summed E-state index contributed by atoms with van der Waals surface area (Å²) in [6, 6.07) is 37.5. The van der Waals surface area contributed by atoms with Crippen LogP contribution in [0.2, 0.25) is 0 Å². The van der Waals surface area contributed by atoms with Gasteiger partial charge in [0.15, 0.2) is 0 Å². The molecule has 0 aliphatic carbocycles. The highest BCUT2D eigenvalue weighted by atomic mass is 16.4. The van der Waals surface area contributed by atoms with E-state index < -0.39 is 17.9 Å². The molecule has 0 saturated carbocycles. The van der Waals surface area contributed by atoms with Gasteiger partial charge in [-0.1, -0.05) is 129 Å². The standard InChI is InChI=1S/C12H10.C10H8.C4H6O2.2C3H4O2/c1-3-7-11(8-4-1)12-9-5-2-6-10-12;1-2-6-10-8-4-3-7-9(10)5-1;1-3(2)4(5)6;2*1-2-3(4)5/h1-10H;1-8H;1H2,2H3,(H,5,6);2*2H,1H2,(H,4,5). The number of carboxylic acid groups (broad SMARTS) is 3. The topological polar surface area (TPSA) is 112 Å². The summed E-state index contributed by atoms with van der Waals surface area (Å²) in [5, 5.41) is 25.7. The molecule has 38 heavy (non-hydrogen) atoms. The van der Waals surface area contributed by atoms with Crippen molar-refractivity contribution in [2.45, 2.75) is 6.92 Å². The van der Waals surface area contributed by atoms with Crippen LogP contribution in [0, 0.1) is 0 Å². The monoisotopic (exact) mass is 512 g/mol. The second kappa shape index (κ2) is 20.0. The number of hydrogen-bond donors (Lipinski definition) is 3. The molecule has 0 atom stereocenters. The molecule has 4 aromatic rings. The van der Waals surface area contributed by atoms with Gasteiger partial charge in [0.25, 0.3) is 0 Å². The molecule has 196 valence electrons. The third-order valence-corrected chi connectivity index (χ3v) is 4.25. The molecule has 4 aromatic carbocycles. The molecule has 0 aromatic heterocycles. The molecule has 3 N–H and O–H groups in total. The lowest BCUT2D eigenvalue weighted by atomic mass is 10.1. The van der Waals surface area contributed by atoms with E-state index >= 15 is 0 Å². The van der Waals surface area contributed by atoms with Crippen molar-refractivity contribution in [1.29, 1.82) is 0 Å². The fraction of sp³-hybridized carbons (Fsp3) is 0.0312. The van der Waals surface area contributed by atoms with Gasteiger partial charge in [0.2, 0.25) is 0 Å². The van der Waals surface area contributed by atoms with Crippen LogP contribution in [0.3, 0.4) is 0 Å². The summed E-state index contributed by atoms with van der Waals surface area (Å²) in [5.41, 5.74) is 2.73. The maximum Gasteiger partial charge on any atom is 0.330 e. The van der Waals surface area contributed by atoms with Crippen molar-refractivity contribution in [2.24, 2.45) is 0 Å². The number of carbonyl (C=O) groups is 3. The second-order valence-electron chi connectivity index (χ2n) is 7.25. The SMILES string of the molecule is C=C(C)C(=O)O.C=CC(=O)O.C=CC(=O)O.c1ccc(-c2ccccc2)cc1.c1ccc2ccccc2c1. The van der Waals surface area contributed by atoms with Crippen LogP contribution in [-0.2, 0) is 14.4 Å². The normalized spacial score (nSPS) is 8.55. The third kappa shape index (κ3) is 16.4. The van der Waals surface area contributed by atoms with Crippen LogP contribution in [-0.4, -0.2) is 33.2 Å². The molecular formula is C32H32O6. The number of aliphatic carboxylic acids is 3. The molecule has 0 heterocycles. The molecule has 0 spiro atoms. The fourth-order valence-electron chi connectivity index (χ4n) is 2.39. The van der Waals surface area contributed by atoms with Crippen molar-refractivity contribution >= 4 is 28.7 Å². The Balaban J connectivity index is 0.000000478. The van der Waals surface area contributed by atoms with Crippen molar-refractivity contribution < 1.29 is 29.7 Å². The first-order valence-corrected chi connectivity index (χ1v) is 11.3. The van der Waals surface area contributed by atoms with Crippen LogP contribution in [0.15, 0.2) is 147 Å². The van der Waals surface area contributed by atoms with Crippen LogP contribution >= 0.6 is 0 Å². The Morgan fingerprint density at radius 3 is 0.947 bits per heavy atom. The summed E-state index contributed by atoms with van der Waals surface area (Å²) < 4.78 is 0. The minimum atomic E-state index is -0.981. The summed E-state index contributed by atoms with van der Waals surface area (Å²) >= 11 is 0.